The van der Waals surface area contributed by atoms with Crippen molar-refractivity contribution in [2.24, 2.45) is 0 Å². The Bertz CT molecular complexity index is 766. The molecule has 1 aliphatic rings. The lowest BCUT2D eigenvalue weighted by atomic mass is 10.1. The molecule has 1 N–H and O–H groups in total. The lowest BCUT2D eigenvalue weighted by molar-refractivity contribution is -0.116. The normalized spacial score (nSPS) is 14.0. The fraction of sp³-hybridized carbons (Fsp3) is 0.353. The third-order valence-electron chi connectivity index (χ3n) is 4.14. The van der Waals surface area contributed by atoms with Gasteiger partial charge in [-0.3, -0.25) is 14.3 Å². The summed E-state index contributed by atoms with van der Waals surface area (Å²) in [6.07, 6.45) is 5.16. The second-order valence-corrected chi connectivity index (χ2v) is 6.32. The summed E-state index contributed by atoms with van der Waals surface area (Å²) >= 11 is 5.79. The number of hydrogen-bond donors (Lipinski definition) is 1. The van der Waals surface area contributed by atoms with E-state index in [4.69, 9.17) is 11.6 Å². The Morgan fingerprint density at radius 2 is 2.04 bits per heavy atom. The number of nitrogens with zero attached hydrogens (tertiary/aromatic N) is 3. The monoisotopic (exact) mass is 346 g/mol. The molecule has 126 valence electrons. The van der Waals surface area contributed by atoms with Gasteiger partial charge >= 0.3 is 0 Å². The molecule has 6 nitrogen and oxygen atoms in total. The fourth-order valence-corrected chi connectivity index (χ4v) is 3.01. The van der Waals surface area contributed by atoms with Gasteiger partial charge in [0.2, 0.25) is 5.91 Å². The van der Waals surface area contributed by atoms with Crippen LogP contribution in [-0.2, 0) is 11.3 Å². The molecule has 1 saturated heterocycles. The molecule has 1 aliphatic heterocycles. The third-order valence-corrected chi connectivity index (χ3v) is 4.33. The molecule has 24 heavy (non-hydrogen) atoms. The van der Waals surface area contributed by atoms with Crippen LogP contribution in [0.3, 0.4) is 0 Å². The van der Waals surface area contributed by atoms with E-state index in [9.17, 15) is 9.59 Å². The maximum atomic E-state index is 12.6. The van der Waals surface area contributed by atoms with Crippen molar-refractivity contribution in [3.63, 3.8) is 0 Å². The number of amides is 2. The predicted octanol–water partition coefficient (Wildman–Crippen LogP) is 2.72. The Hall–Kier alpha value is -2.34. The standard InChI is InChI=1S/C17H19ClN4O2/c1-12-14(17(24)21-7-2-3-8-21)5-4-6-15(12)20-16(23)11-22-10-13(18)9-19-22/h4-6,9-10H,2-3,7-8,11H2,1H3,(H,20,23). The van der Waals surface area contributed by atoms with Crippen molar-refractivity contribution in [1.29, 1.82) is 0 Å². The van der Waals surface area contributed by atoms with Crippen LogP contribution in [0.2, 0.25) is 5.02 Å². The van der Waals surface area contributed by atoms with E-state index in [-0.39, 0.29) is 18.4 Å². The second kappa shape index (κ2) is 7.05. The molecule has 2 amide bonds. The highest BCUT2D eigenvalue weighted by atomic mass is 35.5. The first-order valence-corrected chi connectivity index (χ1v) is 8.29. The maximum absolute atomic E-state index is 12.6. The van der Waals surface area contributed by atoms with Crippen LogP contribution in [0.1, 0.15) is 28.8 Å². The number of likely N-dealkylation sites (tertiary alicyclic amines) is 1. The average Bonchev–Trinajstić information content (AvgIpc) is 3.20. The zero-order valence-electron chi connectivity index (χ0n) is 13.5. The van der Waals surface area contributed by atoms with Crippen molar-refractivity contribution in [3.8, 4) is 0 Å². The van der Waals surface area contributed by atoms with Crippen LogP contribution in [0, 0.1) is 6.92 Å². The predicted molar refractivity (Wildman–Crippen MR) is 92.2 cm³/mol. The van der Waals surface area contributed by atoms with Crippen molar-refractivity contribution >= 4 is 29.1 Å². The quantitative estimate of drug-likeness (QED) is 0.925. The Morgan fingerprint density at radius 1 is 1.29 bits per heavy atom. The minimum atomic E-state index is -0.219. The number of carbonyl (C=O) groups is 2. The summed E-state index contributed by atoms with van der Waals surface area (Å²) in [6, 6.07) is 5.39. The van der Waals surface area contributed by atoms with Gasteiger partial charge in [0.25, 0.3) is 5.91 Å². The third kappa shape index (κ3) is 3.59. The molecule has 0 spiro atoms. The summed E-state index contributed by atoms with van der Waals surface area (Å²) in [6.45, 7) is 3.52. The van der Waals surface area contributed by atoms with Gasteiger partial charge in [0, 0.05) is 30.5 Å². The molecule has 0 saturated carbocycles. The van der Waals surface area contributed by atoms with E-state index in [1.807, 2.05) is 11.8 Å². The summed E-state index contributed by atoms with van der Waals surface area (Å²) in [5, 5.41) is 7.30. The molecular weight excluding hydrogens is 328 g/mol. The van der Waals surface area contributed by atoms with Gasteiger partial charge in [-0.1, -0.05) is 17.7 Å². The molecule has 1 fully saturated rings. The molecular formula is C17H19ClN4O2. The Morgan fingerprint density at radius 3 is 2.71 bits per heavy atom. The molecule has 3 rings (SSSR count). The van der Waals surface area contributed by atoms with Crippen molar-refractivity contribution in [1.82, 2.24) is 14.7 Å². The zero-order valence-corrected chi connectivity index (χ0v) is 14.2. The largest absolute Gasteiger partial charge is 0.339 e. The fourth-order valence-electron chi connectivity index (χ4n) is 2.85. The van der Waals surface area contributed by atoms with Crippen LogP contribution in [0.15, 0.2) is 30.6 Å². The maximum Gasteiger partial charge on any atom is 0.254 e. The number of benzene rings is 1. The number of hydrogen-bond acceptors (Lipinski definition) is 3. The number of anilines is 1. The van der Waals surface area contributed by atoms with E-state index in [2.05, 4.69) is 10.4 Å². The summed E-state index contributed by atoms with van der Waals surface area (Å²) in [5.74, 6) is -0.191. The summed E-state index contributed by atoms with van der Waals surface area (Å²) in [4.78, 5) is 26.6. The van der Waals surface area contributed by atoms with Crippen molar-refractivity contribution < 1.29 is 9.59 Å². The number of nitrogens with one attached hydrogen (secondary N) is 1. The molecule has 7 heteroatoms. The Kier molecular flexibility index (Phi) is 4.85. The first-order chi connectivity index (χ1) is 11.5. The average molecular weight is 347 g/mol. The molecule has 1 aromatic heterocycles. The Labute approximate surface area is 145 Å². The van der Waals surface area contributed by atoms with Gasteiger partial charge < -0.3 is 10.2 Å². The number of carbonyl (C=O) groups excluding carboxylic acids is 2. The molecule has 0 atom stereocenters. The van der Waals surface area contributed by atoms with Gasteiger partial charge in [-0.05, 0) is 37.5 Å². The van der Waals surface area contributed by atoms with Crippen molar-refractivity contribution in [2.75, 3.05) is 18.4 Å². The highest BCUT2D eigenvalue weighted by molar-refractivity contribution is 6.30. The molecule has 1 aromatic carbocycles. The van der Waals surface area contributed by atoms with E-state index in [1.165, 1.54) is 10.9 Å². The van der Waals surface area contributed by atoms with Gasteiger partial charge in [0.15, 0.2) is 0 Å². The second-order valence-electron chi connectivity index (χ2n) is 5.88. The van der Waals surface area contributed by atoms with E-state index in [1.54, 1.807) is 24.4 Å². The summed E-state index contributed by atoms with van der Waals surface area (Å²) < 4.78 is 1.46. The first-order valence-electron chi connectivity index (χ1n) is 7.91. The number of halogens is 1. The minimum Gasteiger partial charge on any atom is -0.339 e. The van der Waals surface area contributed by atoms with Crippen LogP contribution < -0.4 is 5.32 Å². The van der Waals surface area contributed by atoms with E-state index < -0.39 is 0 Å². The first kappa shape index (κ1) is 16.5. The van der Waals surface area contributed by atoms with Gasteiger partial charge in [0.1, 0.15) is 6.54 Å². The molecule has 2 aromatic rings. The topological polar surface area (TPSA) is 67.2 Å². The lowest BCUT2D eigenvalue weighted by Crippen LogP contribution is -2.28. The van der Waals surface area contributed by atoms with E-state index >= 15 is 0 Å². The zero-order chi connectivity index (χ0) is 17.1. The van der Waals surface area contributed by atoms with Crippen molar-refractivity contribution in [2.45, 2.75) is 26.3 Å². The molecule has 2 heterocycles. The van der Waals surface area contributed by atoms with Crippen LogP contribution >= 0.6 is 11.6 Å². The van der Waals surface area contributed by atoms with Gasteiger partial charge in [0.05, 0.1) is 11.2 Å². The van der Waals surface area contributed by atoms with Crippen LogP contribution in [-0.4, -0.2) is 39.6 Å². The van der Waals surface area contributed by atoms with Gasteiger partial charge in [-0.2, -0.15) is 5.10 Å². The number of rotatable bonds is 4. The van der Waals surface area contributed by atoms with E-state index in [0.717, 1.165) is 31.5 Å². The highest BCUT2D eigenvalue weighted by Gasteiger charge is 2.22. The van der Waals surface area contributed by atoms with Crippen molar-refractivity contribution in [3.05, 3.63) is 46.7 Å². The lowest BCUT2D eigenvalue weighted by Gasteiger charge is -2.18. The molecule has 0 aliphatic carbocycles. The van der Waals surface area contributed by atoms with E-state index in [0.29, 0.717) is 16.3 Å². The SMILES string of the molecule is Cc1c(NC(=O)Cn2cc(Cl)cn2)cccc1C(=O)N1CCCC1. The van der Waals surface area contributed by atoms with Crippen LogP contribution in [0.4, 0.5) is 5.69 Å². The highest BCUT2D eigenvalue weighted by Crippen LogP contribution is 2.22. The summed E-state index contributed by atoms with van der Waals surface area (Å²) in [5.41, 5.74) is 2.06. The summed E-state index contributed by atoms with van der Waals surface area (Å²) in [7, 11) is 0. The van der Waals surface area contributed by atoms with Gasteiger partial charge in [-0.15, -0.1) is 0 Å². The Balaban J connectivity index is 1.72. The van der Waals surface area contributed by atoms with Crippen LogP contribution in [0.5, 0.6) is 0 Å². The number of aromatic nitrogens is 2. The molecule has 0 unspecified atom stereocenters. The minimum absolute atomic E-state index is 0.0277. The molecule has 0 bridgehead atoms. The van der Waals surface area contributed by atoms with Gasteiger partial charge in [-0.25, -0.2) is 0 Å². The smallest absolute Gasteiger partial charge is 0.254 e. The molecule has 0 radical (unpaired) electrons. The van der Waals surface area contributed by atoms with Crippen LogP contribution in [0.25, 0.3) is 0 Å².